The quantitative estimate of drug-likeness (QED) is 0.392. The smallest absolute Gasteiger partial charge is 0.248 e. The van der Waals surface area contributed by atoms with E-state index in [1.165, 1.54) is 4.80 Å². The van der Waals surface area contributed by atoms with Gasteiger partial charge in [-0.3, -0.25) is 0 Å². The number of hydrogen-bond acceptors (Lipinski definition) is 8. The van der Waals surface area contributed by atoms with Crippen LogP contribution in [0, 0.1) is 11.8 Å². The minimum Gasteiger partial charge on any atom is -0.394 e. The monoisotopic (exact) mass is 484 g/mol. The number of aryl methyl sites for hydroxylation is 1. The first-order valence-electron chi connectivity index (χ1n) is 10.9. The van der Waals surface area contributed by atoms with Gasteiger partial charge >= 0.3 is 0 Å². The van der Waals surface area contributed by atoms with E-state index in [0.717, 1.165) is 16.7 Å². The average Bonchev–Trinajstić information content (AvgIpc) is 3.32. The molecule has 0 spiro atoms. The van der Waals surface area contributed by atoms with E-state index < -0.39 is 37.1 Å². The Morgan fingerprint density at radius 2 is 1.79 bits per heavy atom. The number of benzene rings is 2. The zero-order chi connectivity index (χ0) is 24.2. The van der Waals surface area contributed by atoms with Crippen molar-refractivity contribution in [2.75, 3.05) is 6.61 Å². The Hall–Kier alpha value is -2.84. The van der Waals surface area contributed by atoms with E-state index in [-0.39, 0.29) is 0 Å². The SMILES string of the molecule is CCn1nnc(C#Cc2ccc(Cc3cc([C@@H]4O[C@H](CO)[C@@H](O)C(O)[C@H]4O)ccc3Cl)cc2)n1. The minimum absolute atomic E-state index is 0.364. The minimum atomic E-state index is -1.44. The van der Waals surface area contributed by atoms with Gasteiger partial charge in [-0.2, -0.15) is 4.80 Å². The second-order valence-corrected chi connectivity index (χ2v) is 8.43. The molecule has 4 rings (SSSR count). The second kappa shape index (κ2) is 10.6. The van der Waals surface area contributed by atoms with Crippen molar-refractivity contribution in [1.82, 2.24) is 20.2 Å². The number of tetrazole rings is 1. The van der Waals surface area contributed by atoms with E-state index in [4.69, 9.17) is 16.3 Å². The number of aromatic nitrogens is 4. The summed E-state index contributed by atoms with van der Waals surface area (Å²) in [5.41, 5.74) is 3.19. The number of aliphatic hydroxyl groups is 4. The molecule has 10 heteroatoms. The molecule has 0 bridgehead atoms. The van der Waals surface area contributed by atoms with Crippen molar-refractivity contribution in [1.29, 1.82) is 0 Å². The summed E-state index contributed by atoms with van der Waals surface area (Å²) in [5.74, 6) is 6.26. The van der Waals surface area contributed by atoms with Gasteiger partial charge in [0.05, 0.1) is 13.2 Å². The molecule has 4 N–H and O–H groups in total. The number of ether oxygens (including phenoxy) is 1. The Balaban J connectivity index is 1.49. The average molecular weight is 485 g/mol. The van der Waals surface area contributed by atoms with Crippen molar-refractivity contribution in [3.8, 4) is 11.8 Å². The summed E-state index contributed by atoms with van der Waals surface area (Å²) < 4.78 is 5.66. The fraction of sp³-hybridized carbons (Fsp3) is 0.375. The number of rotatable bonds is 5. The molecule has 1 unspecified atom stereocenters. The van der Waals surface area contributed by atoms with Crippen LogP contribution in [0.5, 0.6) is 0 Å². The van der Waals surface area contributed by atoms with Crippen LogP contribution in [0.3, 0.4) is 0 Å². The van der Waals surface area contributed by atoms with Crippen LogP contribution < -0.4 is 0 Å². The molecule has 2 aromatic carbocycles. The van der Waals surface area contributed by atoms with Gasteiger partial charge in [-0.05, 0) is 59.4 Å². The summed E-state index contributed by atoms with van der Waals surface area (Å²) in [6, 6.07) is 12.9. The van der Waals surface area contributed by atoms with Gasteiger partial charge in [0, 0.05) is 10.6 Å². The Labute approximate surface area is 201 Å². The molecule has 0 aliphatic carbocycles. The summed E-state index contributed by atoms with van der Waals surface area (Å²) in [5, 5.41) is 52.4. The highest BCUT2D eigenvalue weighted by molar-refractivity contribution is 6.31. The van der Waals surface area contributed by atoms with Crippen LogP contribution in [-0.4, -0.2) is 71.7 Å². The first-order chi connectivity index (χ1) is 16.4. The zero-order valence-corrected chi connectivity index (χ0v) is 19.2. The van der Waals surface area contributed by atoms with Crippen molar-refractivity contribution in [3.63, 3.8) is 0 Å². The van der Waals surface area contributed by atoms with Crippen LogP contribution in [0.15, 0.2) is 42.5 Å². The van der Waals surface area contributed by atoms with Gasteiger partial charge < -0.3 is 25.2 Å². The summed E-state index contributed by atoms with van der Waals surface area (Å²) in [7, 11) is 0. The highest BCUT2D eigenvalue weighted by Crippen LogP contribution is 2.34. The standard InChI is InChI=1S/C24H25ClN4O5/c1-2-29-27-20(26-28-29)10-7-14-3-5-15(6-4-14)11-17-12-16(8-9-18(17)25)24-23(33)22(32)21(31)19(13-30)34-24/h3-6,8-9,12,19,21-24,30-33H,2,11,13H2,1H3/t19-,21-,22?,23-,24+/m1/s1. The Kier molecular flexibility index (Phi) is 7.58. The fourth-order valence-corrected chi connectivity index (χ4v) is 3.95. The molecule has 178 valence electrons. The van der Waals surface area contributed by atoms with Crippen LogP contribution >= 0.6 is 11.6 Å². The lowest BCUT2D eigenvalue weighted by Crippen LogP contribution is -2.55. The molecule has 2 heterocycles. The fourth-order valence-electron chi connectivity index (χ4n) is 3.77. The Bertz CT molecular complexity index is 1190. The van der Waals surface area contributed by atoms with Crippen LogP contribution in [-0.2, 0) is 17.7 Å². The molecular weight excluding hydrogens is 460 g/mol. The molecule has 1 fully saturated rings. The van der Waals surface area contributed by atoms with Crippen LogP contribution in [0.1, 0.15) is 41.1 Å². The molecule has 3 aromatic rings. The first-order valence-corrected chi connectivity index (χ1v) is 11.2. The molecule has 0 amide bonds. The van der Waals surface area contributed by atoms with Gasteiger partial charge in [-0.1, -0.05) is 46.9 Å². The molecule has 1 saturated heterocycles. The van der Waals surface area contributed by atoms with Gasteiger partial charge in [-0.25, -0.2) is 0 Å². The van der Waals surface area contributed by atoms with Gasteiger partial charge in [-0.15, -0.1) is 5.10 Å². The van der Waals surface area contributed by atoms with Crippen molar-refractivity contribution < 1.29 is 25.2 Å². The highest BCUT2D eigenvalue weighted by Gasteiger charge is 2.44. The molecule has 9 nitrogen and oxygen atoms in total. The lowest BCUT2D eigenvalue weighted by Gasteiger charge is -2.40. The third kappa shape index (κ3) is 5.28. The van der Waals surface area contributed by atoms with Crippen LogP contribution in [0.4, 0.5) is 0 Å². The van der Waals surface area contributed by atoms with Crippen LogP contribution in [0.2, 0.25) is 5.02 Å². The van der Waals surface area contributed by atoms with E-state index in [1.807, 2.05) is 31.2 Å². The van der Waals surface area contributed by atoms with E-state index in [9.17, 15) is 20.4 Å². The van der Waals surface area contributed by atoms with E-state index in [1.54, 1.807) is 18.2 Å². The summed E-state index contributed by atoms with van der Waals surface area (Å²) >= 11 is 6.42. The molecule has 5 atom stereocenters. The van der Waals surface area contributed by atoms with Crippen molar-refractivity contribution in [3.05, 3.63) is 75.6 Å². The third-order valence-electron chi connectivity index (χ3n) is 5.69. The molecule has 34 heavy (non-hydrogen) atoms. The molecule has 1 aliphatic heterocycles. The number of nitrogens with zero attached hydrogens (tertiary/aromatic N) is 4. The van der Waals surface area contributed by atoms with Gasteiger partial charge in [0.25, 0.3) is 0 Å². The number of halogens is 1. The predicted octanol–water partition coefficient (Wildman–Crippen LogP) is 0.852. The van der Waals surface area contributed by atoms with Crippen LogP contribution in [0.25, 0.3) is 0 Å². The molecule has 1 aliphatic rings. The zero-order valence-electron chi connectivity index (χ0n) is 18.4. The summed E-state index contributed by atoms with van der Waals surface area (Å²) in [6.07, 6.45) is -5.56. The second-order valence-electron chi connectivity index (χ2n) is 8.03. The third-order valence-corrected chi connectivity index (χ3v) is 6.06. The molecular formula is C24H25ClN4O5. The maximum absolute atomic E-state index is 10.4. The summed E-state index contributed by atoms with van der Waals surface area (Å²) in [6.45, 7) is 2.07. The normalized spacial score (nSPS) is 24.5. The lowest BCUT2D eigenvalue weighted by molar-refractivity contribution is -0.231. The molecule has 0 saturated carbocycles. The van der Waals surface area contributed by atoms with Crippen molar-refractivity contribution in [2.24, 2.45) is 0 Å². The number of hydrogen-bond donors (Lipinski definition) is 4. The number of aliphatic hydroxyl groups excluding tert-OH is 4. The molecule has 0 radical (unpaired) electrons. The largest absolute Gasteiger partial charge is 0.394 e. The van der Waals surface area contributed by atoms with Gasteiger partial charge in [0.15, 0.2) is 0 Å². The molecule has 1 aromatic heterocycles. The highest BCUT2D eigenvalue weighted by atomic mass is 35.5. The van der Waals surface area contributed by atoms with E-state index in [0.29, 0.717) is 29.4 Å². The first kappa shape index (κ1) is 24.3. The maximum atomic E-state index is 10.4. The topological polar surface area (TPSA) is 134 Å². The van der Waals surface area contributed by atoms with E-state index >= 15 is 0 Å². The lowest BCUT2D eigenvalue weighted by atomic mass is 9.90. The van der Waals surface area contributed by atoms with Crippen molar-refractivity contribution in [2.45, 2.75) is 50.4 Å². The Morgan fingerprint density at radius 3 is 2.47 bits per heavy atom. The summed E-state index contributed by atoms with van der Waals surface area (Å²) in [4.78, 5) is 1.47. The maximum Gasteiger partial charge on any atom is 0.248 e. The Morgan fingerprint density at radius 1 is 1.03 bits per heavy atom. The van der Waals surface area contributed by atoms with Gasteiger partial charge in [0.1, 0.15) is 30.5 Å². The predicted molar refractivity (Wildman–Crippen MR) is 123 cm³/mol. The van der Waals surface area contributed by atoms with Gasteiger partial charge in [0.2, 0.25) is 5.82 Å². The van der Waals surface area contributed by atoms with Crippen molar-refractivity contribution >= 4 is 11.6 Å². The van der Waals surface area contributed by atoms with E-state index in [2.05, 4.69) is 27.3 Å².